The molecule has 2 heterocycles. The molecule has 1 amide bonds. The van der Waals surface area contributed by atoms with Crippen molar-refractivity contribution in [1.29, 1.82) is 0 Å². The second-order valence-corrected chi connectivity index (χ2v) is 6.47. The molecule has 130 valence electrons. The van der Waals surface area contributed by atoms with E-state index in [0.29, 0.717) is 6.54 Å². The van der Waals surface area contributed by atoms with Crippen molar-refractivity contribution >= 4 is 18.3 Å². The molecule has 0 bridgehead atoms. The first-order valence-electron chi connectivity index (χ1n) is 8.16. The summed E-state index contributed by atoms with van der Waals surface area (Å²) in [4.78, 5) is 21.2. The van der Waals surface area contributed by atoms with Gasteiger partial charge in [0.05, 0.1) is 6.54 Å². The van der Waals surface area contributed by atoms with Gasteiger partial charge < -0.3 is 10.2 Å². The highest BCUT2D eigenvalue weighted by Gasteiger charge is 2.28. The molecule has 1 aliphatic heterocycles. The Kier molecular flexibility index (Phi) is 7.95. The van der Waals surface area contributed by atoms with Crippen LogP contribution in [0.1, 0.15) is 39.3 Å². The Morgan fingerprint density at radius 3 is 2.65 bits per heavy atom. The van der Waals surface area contributed by atoms with Gasteiger partial charge in [-0.3, -0.25) is 14.7 Å². The van der Waals surface area contributed by atoms with Crippen molar-refractivity contribution in [1.82, 2.24) is 20.1 Å². The van der Waals surface area contributed by atoms with E-state index in [0.717, 1.165) is 19.6 Å². The van der Waals surface area contributed by atoms with E-state index in [1.165, 1.54) is 5.56 Å². The first-order chi connectivity index (χ1) is 10.5. The van der Waals surface area contributed by atoms with Gasteiger partial charge in [0.25, 0.3) is 0 Å². The lowest BCUT2D eigenvalue weighted by Gasteiger charge is -2.38. The summed E-state index contributed by atoms with van der Waals surface area (Å²) in [5, 5.41) is 3.42. The predicted molar refractivity (Wildman–Crippen MR) is 95.8 cm³/mol. The van der Waals surface area contributed by atoms with Gasteiger partial charge in [-0.25, -0.2) is 0 Å². The van der Waals surface area contributed by atoms with Crippen LogP contribution in [-0.2, 0) is 4.79 Å². The van der Waals surface area contributed by atoms with E-state index in [4.69, 9.17) is 0 Å². The van der Waals surface area contributed by atoms with Gasteiger partial charge in [-0.2, -0.15) is 0 Å². The summed E-state index contributed by atoms with van der Waals surface area (Å²) in [7, 11) is 0. The molecule has 0 spiro atoms. The fourth-order valence-electron chi connectivity index (χ4n) is 3.27. The van der Waals surface area contributed by atoms with E-state index in [2.05, 4.69) is 49.0 Å². The van der Waals surface area contributed by atoms with Crippen LogP contribution in [-0.4, -0.2) is 59.0 Å². The Morgan fingerprint density at radius 2 is 2.09 bits per heavy atom. The lowest BCUT2D eigenvalue weighted by molar-refractivity contribution is -0.136. The zero-order chi connectivity index (χ0) is 16.1. The molecule has 1 N–H and O–H groups in total. The predicted octanol–water partition coefficient (Wildman–Crippen LogP) is 2.10. The van der Waals surface area contributed by atoms with Crippen molar-refractivity contribution in [2.75, 3.05) is 26.2 Å². The second-order valence-electron chi connectivity index (χ2n) is 6.47. The number of hydrogen-bond acceptors (Lipinski definition) is 4. The minimum absolute atomic E-state index is 0. The summed E-state index contributed by atoms with van der Waals surface area (Å²) in [5.41, 5.74) is 1.17. The molecule has 1 fully saturated rings. The molecule has 1 atom stereocenters. The van der Waals surface area contributed by atoms with Crippen LogP contribution in [0.3, 0.4) is 0 Å². The molecule has 0 aromatic carbocycles. The van der Waals surface area contributed by atoms with Crippen LogP contribution in [0.15, 0.2) is 24.5 Å². The van der Waals surface area contributed by atoms with Crippen LogP contribution in [0.2, 0.25) is 0 Å². The number of carbonyl (C=O) groups is 1. The molecular weight excluding hydrogens is 312 g/mol. The van der Waals surface area contributed by atoms with Gasteiger partial charge in [0, 0.05) is 50.2 Å². The van der Waals surface area contributed by atoms with Gasteiger partial charge in [0.2, 0.25) is 5.91 Å². The maximum absolute atomic E-state index is 12.7. The second kappa shape index (κ2) is 9.21. The lowest BCUT2D eigenvalue weighted by atomic mass is 10.1. The van der Waals surface area contributed by atoms with Crippen molar-refractivity contribution in [3.05, 3.63) is 30.1 Å². The Balaban J connectivity index is 0.00000264. The number of halogens is 1. The number of rotatable bonds is 5. The monoisotopic (exact) mass is 340 g/mol. The number of hydrogen-bond donors (Lipinski definition) is 1. The number of amides is 1. The van der Waals surface area contributed by atoms with E-state index in [1.807, 2.05) is 17.2 Å². The summed E-state index contributed by atoms with van der Waals surface area (Å²) >= 11 is 0. The minimum Gasteiger partial charge on any atom is -0.337 e. The van der Waals surface area contributed by atoms with E-state index in [9.17, 15) is 4.79 Å². The lowest BCUT2D eigenvalue weighted by Crippen LogP contribution is -2.52. The number of nitrogens with one attached hydrogen (secondary N) is 1. The topological polar surface area (TPSA) is 48.5 Å². The molecule has 1 saturated heterocycles. The van der Waals surface area contributed by atoms with Crippen molar-refractivity contribution in [2.24, 2.45) is 0 Å². The third kappa shape index (κ3) is 5.16. The standard InChI is InChI=1S/C17H28N4O.ClH/c1-13(2)21(14(3)4)17(22)12-20-9-8-19-11-16(20)15-6-5-7-18-10-15;/h5-7,10,13-14,16,19H,8-9,11-12H2,1-4H3;1H. The quantitative estimate of drug-likeness (QED) is 0.891. The van der Waals surface area contributed by atoms with Gasteiger partial charge in [0.15, 0.2) is 0 Å². The van der Waals surface area contributed by atoms with Crippen molar-refractivity contribution in [3.8, 4) is 0 Å². The molecule has 5 nitrogen and oxygen atoms in total. The van der Waals surface area contributed by atoms with E-state index >= 15 is 0 Å². The third-order valence-electron chi connectivity index (χ3n) is 4.16. The summed E-state index contributed by atoms with van der Waals surface area (Å²) in [5.74, 6) is 0.209. The normalized spacial score (nSPS) is 18.8. The van der Waals surface area contributed by atoms with Gasteiger partial charge in [0.1, 0.15) is 0 Å². The van der Waals surface area contributed by atoms with E-state index < -0.39 is 0 Å². The van der Waals surface area contributed by atoms with Crippen LogP contribution in [0.5, 0.6) is 0 Å². The highest BCUT2D eigenvalue weighted by molar-refractivity contribution is 5.85. The van der Waals surface area contributed by atoms with Gasteiger partial charge >= 0.3 is 0 Å². The molecule has 6 heteroatoms. The third-order valence-corrected chi connectivity index (χ3v) is 4.16. The highest BCUT2D eigenvalue weighted by Crippen LogP contribution is 2.21. The smallest absolute Gasteiger partial charge is 0.237 e. The van der Waals surface area contributed by atoms with Crippen molar-refractivity contribution in [2.45, 2.75) is 45.8 Å². The van der Waals surface area contributed by atoms with Crippen LogP contribution < -0.4 is 5.32 Å². The molecule has 1 unspecified atom stereocenters. The molecule has 0 aliphatic carbocycles. The maximum Gasteiger partial charge on any atom is 0.237 e. The summed E-state index contributed by atoms with van der Waals surface area (Å²) < 4.78 is 0. The Labute approximate surface area is 145 Å². The molecule has 2 rings (SSSR count). The van der Waals surface area contributed by atoms with E-state index in [1.54, 1.807) is 6.20 Å². The van der Waals surface area contributed by atoms with Gasteiger partial charge in [-0.05, 0) is 39.3 Å². The minimum atomic E-state index is 0. The highest BCUT2D eigenvalue weighted by atomic mass is 35.5. The summed E-state index contributed by atoms with van der Waals surface area (Å²) in [6.45, 7) is 11.5. The number of piperazine rings is 1. The summed E-state index contributed by atoms with van der Waals surface area (Å²) in [6.07, 6.45) is 3.69. The Morgan fingerprint density at radius 1 is 1.39 bits per heavy atom. The molecule has 23 heavy (non-hydrogen) atoms. The average molecular weight is 341 g/mol. The fraction of sp³-hybridized carbons (Fsp3) is 0.647. The van der Waals surface area contributed by atoms with Crippen molar-refractivity contribution in [3.63, 3.8) is 0 Å². The number of carbonyl (C=O) groups excluding carboxylic acids is 1. The van der Waals surface area contributed by atoms with Crippen LogP contribution in [0.4, 0.5) is 0 Å². The molecular formula is C17H29ClN4O. The zero-order valence-electron chi connectivity index (χ0n) is 14.5. The maximum atomic E-state index is 12.7. The summed E-state index contributed by atoms with van der Waals surface area (Å²) in [6, 6.07) is 4.72. The van der Waals surface area contributed by atoms with Crippen LogP contribution in [0.25, 0.3) is 0 Å². The Bertz CT molecular complexity index is 473. The molecule has 1 aromatic heterocycles. The molecule has 1 aliphatic rings. The number of aromatic nitrogens is 1. The van der Waals surface area contributed by atoms with Crippen molar-refractivity contribution < 1.29 is 4.79 Å². The average Bonchev–Trinajstić information content (AvgIpc) is 2.48. The molecule has 1 aromatic rings. The first-order valence-corrected chi connectivity index (χ1v) is 8.16. The van der Waals surface area contributed by atoms with Gasteiger partial charge in [-0.15, -0.1) is 12.4 Å². The fourth-order valence-corrected chi connectivity index (χ4v) is 3.27. The van der Waals surface area contributed by atoms with Crippen LogP contribution in [0, 0.1) is 0 Å². The zero-order valence-corrected chi connectivity index (χ0v) is 15.3. The van der Waals surface area contributed by atoms with Crippen LogP contribution >= 0.6 is 12.4 Å². The SMILES string of the molecule is CC(C)N(C(=O)CN1CCNCC1c1cccnc1)C(C)C.Cl. The number of pyridine rings is 1. The van der Waals surface area contributed by atoms with Gasteiger partial charge in [-0.1, -0.05) is 6.07 Å². The first kappa shape index (κ1) is 19.9. The Hall–Kier alpha value is -1.17. The molecule has 0 saturated carbocycles. The number of nitrogens with zero attached hydrogens (tertiary/aromatic N) is 3. The molecule has 0 radical (unpaired) electrons. The largest absolute Gasteiger partial charge is 0.337 e. The van der Waals surface area contributed by atoms with E-state index in [-0.39, 0.29) is 36.4 Å².